The van der Waals surface area contributed by atoms with E-state index >= 15 is 0 Å². The highest BCUT2D eigenvalue weighted by Gasteiger charge is 2.37. The molecule has 0 saturated heterocycles. The fraction of sp³-hybridized carbons (Fsp3) is 0.182. The number of halogens is 3. The number of aromatic nitrogens is 1. The molecule has 0 aliphatic heterocycles. The van der Waals surface area contributed by atoms with Crippen LogP contribution >= 0.6 is 11.3 Å². The van der Waals surface area contributed by atoms with Gasteiger partial charge in [0.1, 0.15) is 5.01 Å². The summed E-state index contributed by atoms with van der Waals surface area (Å²) in [5, 5.41) is 0.346. The van der Waals surface area contributed by atoms with Gasteiger partial charge >= 0.3 is 6.18 Å². The number of alkyl halides is 3. The molecule has 2 N–H and O–H groups in total. The normalized spacial score (nSPS) is 11.8. The molecule has 0 aliphatic carbocycles. The van der Waals surface area contributed by atoms with Crippen LogP contribution in [0, 0.1) is 0 Å². The Morgan fingerprint density at radius 3 is 2.29 bits per heavy atom. The van der Waals surface area contributed by atoms with E-state index in [1.807, 2.05) is 0 Å². The molecule has 0 unspecified atom stereocenters. The van der Waals surface area contributed by atoms with Crippen LogP contribution in [0.15, 0.2) is 30.3 Å². The summed E-state index contributed by atoms with van der Waals surface area (Å²) in [6, 6.07) is 8.75. The number of thiazole rings is 1. The second kappa shape index (κ2) is 4.46. The van der Waals surface area contributed by atoms with Crippen LogP contribution < -0.4 is 5.73 Å². The fourth-order valence-corrected chi connectivity index (χ4v) is 2.38. The number of hydrogen-bond donors (Lipinski definition) is 1. The van der Waals surface area contributed by atoms with Gasteiger partial charge < -0.3 is 5.73 Å². The maximum absolute atomic E-state index is 12.7. The average Bonchev–Trinajstić information content (AvgIpc) is 2.74. The van der Waals surface area contributed by atoms with Crippen LogP contribution in [0.25, 0.3) is 10.6 Å². The van der Waals surface area contributed by atoms with Crippen molar-refractivity contribution in [3.05, 3.63) is 40.9 Å². The Bertz CT molecular complexity index is 505. The lowest BCUT2D eigenvalue weighted by Gasteiger charge is -2.03. The number of nitrogens with two attached hydrogens (primary N) is 1. The van der Waals surface area contributed by atoms with Crippen molar-refractivity contribution in [1.82, 2.24) is 4.98 Å². The number of nitrogens with zero attached hydrogens (tertiary/aromatic N) is 1. The van der Waals surface area contributed by atoms with Gasteiger partial charge in [0, 0.05) is 12.1 Å². The summed E-state index contributed by atoms with van der Waals surface area (Å²) in [6.45, 7) is -0.153. The molecule has 0 saturated carbocycles. The van der Waals surface area contributed by atoms with Crippen molar-refractivity contribution in [2.75, 3.05) is 0 Å². The first-order valence-corrected chi connectivity index (χ1v) is 5.66. The van der Waals surface area contributed by atoms with E-state index in [2.05, 4.69) is 4.98 Å². The zero-order chi connectivity index (χ0) is 12.5. The molecule has 0 amide bonds. The standard InChI is InChI=1S/C11H9F3N2S/c12-11(13,14)9-8(6-15)17-10(16-9)7-4-2-1-3-5-7/h1-5H,6,15H2. The quantitative estimate of drug-likeness (QED) is 0.897. The smallest absolute Gasteiger partial charge is 0.326 e. The SMILES string of the molecule is NCc1sc(-c2ccccc2)nc1C(F)(F)F. The molecule has 1 aromatic heterocycles. The molecule has 0 atom stereocenters. The zero-order valence-corrected chi connectivity index (χ0v) is 9.48. The highest BCUT2D eigenvalue weighted by molar-refractivity contribution is 7.15. The summed E-state index contributed by atoms with van der Waals surface area (Å²) in [7, 11) is 0. The van der Waals surface area contributed by atoms with Crippen LogP contribution in [-0.4, -0.2) is 4.98 Å². The van der Waals surface area contributed by atoms with E-state index in [0.29, 0.717) is 10.6 Å². The highest BCUT2D eigenvalue weighted by Crippen LogP contribution is 2.37. The van der Waals surface area contributed by atoms with E-state index in [0.717, 1.165) is 11.3 Å². The summed E-state index contributed by atoms with van der Waals surface area (Å²) in [5.41, 5.74) is 5.11. The Morgan fingerprint density at radius 2 is 1.82 bits per heavy atom. The van der Waals surface area contributed by atoms with E-state index in [1.54, 1.807) is 30.3 Å². The van der Waals surface area contributed by atoms with Gasteiger partial charge in [0.25, 0.3) is 0 Å². The first kappa shape index (κ1) is 12.1. The lowest BCUT2D eigenvalue weighted by atomic mass is 10.2. The summed E-state index contributed by atoms with van der Waals surface area (Å²) in [6.07, 6.45) is -4.45. The first-order chi connectivity index (χ1) is 8.02. The molecule has 17 heavy (non-hydrogen) atoms. The van der Waals surface area contributed by atoms with Gasteiger partial charge in [-0.05, 0) is 0 Å². The molecule has 0 spiro atoms. The van der Waals surface area contributed by atoms with E-state index in [-0.39, 0.29) is 11.4 Å². The van der Waals surface area contributed by atoms with Crippen molar-refractivity contribution in [3.63, 3.8) is 0 Å². The molecule has 2 nitrogen and oxygen atoms in total. The van der Waals surface area contributed by atoms with E-state index < -0.39 is 11.9 Å². The molecular formula is C11H9F3N2S. The Hall–Kier alpha value is -1.40. The molecule has 2 rings (SSSR count). The van der Waals surface area contributed by atoms with Gasteiger partial charge in [0.2, 0.25) is 0 Å². The topological polar surface area (TPSA) is 38.9 Å². The summed E-state index contributed by atoms with van der Waals surface area (Å²) in [5.74, 6) is 0. The molecule has 90 valence electrons. The summed E-state index contributed by atoms with van der Waals surface area (Å²) >= 11 is 0.983. The van der Waals surface area contributed by atoms with Crippen LogP contribution in [0.1, 0.15) is 10.6 Å². The second-order valence-corrected chi connectivity index (χ2v) is 4.44. The van der Waals surface area contributed by atoms with Gasteiger partial charge in [-0.15, -0.1) is 11.3 Å². The molecule has 6 heteroatoms. The minimum atomic E-state index is -4.45. The third-order valence-electron chi connectivity index (χ3n) is 2.17. The van der Waals surface area contributed by atoms with E-state index in [1.165, 1.54) is 0 Å². The average molecular weight is 258 g/mol. The molecule has 0 aliphatic rings. The van der Waals surface area contributed by atoms with Gasteiger partial charge in [-0.3, -0.25) is 0 Å². The Labute approximate surface area is 99.9 Å². The van der Waals surface area contributed by atoms with Gasteiger partial charge in [-0.25, -0.2) is 4.98 Å². The summed E-state index contributed by atoms with van der Waals surface area (Å²) < 4.78 is 38.0. The largest absolute Gasteiger partial charge is 0.434 e. The zero-order valence-electron chi connectivity index (χ0n) is 8.66. The number of rotatable bonds is 2. The van der Waals surface area contributed by atoms with Crippen molar-refractivity contribution in [2.24, 2.45) is 5.73 Å². The van der Waals surface area contributed by atoms with Gasteiger partial charge in [-0.2, -0.15) is 13.2 Å². The molecule has 1 heterocycles. The molecule has 0 fully saturated rings. The predicted octanol–water partition coefficient (Wildman–Crippen LogP) is 3.29. The minimum absolute atomic E-state index is 0.0661. The van der Waals surface area contributed by atoms with Crippen LogP contribution in [0.5, 0.6) is 0 Å². The highest BCUT2D eigenvalue weighted by atomic mass is 32.1. The number of hydrogen-bond acceptors (Lipinski definition) is 3. The molecular weight excluding hydrogens is 249 g/mol. The lowest BCUT2D eigenvalue weighted by molar-refractivity contribution is -0.141. The fourth-order valence-electron chi connectivity index (χ4n) is 1.42. The minimum Gasteiger partial charge on any atom is -0.326 e. The molecule has 1 aromatic carbocycles. The van der Waals surface area contributed by atoms with Crippen molar-refractivity contribution in [3.8, 4) is 10.6 Å². The molecule has 0 bridgehead atoms. The van der Waals surface area contributed by atoms with Crippen molar-refractivity contribution in [1.29, 1.82) is 0 Å². The van der Waals surface area contributed by atoms with Crippen LogP contribution in [-0.2, 0) is 12.7 Å². The van der Waals surface area contributed by atoms with Gasteiger partial charge in [0.05, 0.1) is 4.88 Å². The maximum atomic E-state index is 12.7. The maximum Gasteiger partial charge on any atom is 0.434 e. The van der Waals surface area contributed by atoms with Crippen molar-refractivity contribution >= 4 is 11.3 Å². The van der Waals surface area contributed by atoms with Crippen molar-refractivity contribution < 1.29 is 13.2 Å². The van der Waals surface area contributed by atoms with Gasteiger partial charge in [0.15, 0.2) is 5.69 Å². The Balaban J connectivity index is 2.49. The van der Waals surface area contributed by atoms with Crippen LogP contribution in [0.4, 0.5) is 13.2 Å². The summed E-state index contributed by atoms with van der Waals surface area (Å²) in [4.78, 5) is 3.70. The first-order valence-electron chi connectivity index (χ1n) is 4.84. The number of benzene rings is 1. The molecule has 0 radical (unpaired) electrons. The Morgan fingerprint density at radius 1 is 1.18 bits per heavy atom. The monoisotopic (exact) mass is 258 g/mol. The third kappa shape index (κ3) is 2.48. The van der Waals surface area contributed by atoms with Crippen LogP contribution in [0.3, 0.4) is 0 Å². The molecule has 2 aromatic rings. The second-order valence-electron chi connectivity index (χ2n) is 3.36. The lowest BCUT2D eigenvalue weighted by Crippen LogP contribution is -2.10. The van der Waals surface area contributed by atoms with Gasteiger partial charge in [-0.1, -0.05) is 30.3 Å². The Kier molecular flexibility index (Phi) is 3.17. The van der Waals surface area contributed by atoms with E-state index in [9.17, 15) is 13.2 Å². The van der Waals surface area contributed by atoms with Crippen molar-refractivity contribution in [2.45, 2.75) is 12.7 Å². The predicted molar refractivity (Wildman–Crippen MR) is 60.4 cm³/mol. The van der Waals surface area contributed by atoms with Crippen LogP contribution in [0.2, 0.25) is 0 Å². The van der Waals surface area contributed by atoms with E-state index in [4.69, 9.17) is 5.73 Å². The third-order valence-corrected chi connectivity index (χ3v) is 3.30.